The Morgan fingerprint density at radius 2 is 1.97 bits per heavy atom. The van der Waals surface area contributed by atoms with Crippen molar-refractivity contribution in [2.24, 2.45) is 0 Å². The molecule has 162 valence electrons. The average Bonchev–Trinajstić information content (AvgIpc) is 3.24. The molecule has 4 aromatic rings. The lowest BCUT2D eigenvalue weighted by Crippen LogP contribution is -2.44. The van der Waals surface area contributed by atoms with Crippen molar-refractivity contribution in [1.82, 2.24) is 14.9 Å². The van der Waals surface area contributed by atoms with Gasteiger partial charge in [-0.3, -0.25) is 4.79 Å². The van der Waals surface area contributed by atoms with E-state index in [2.05, 4.69) is 91.5 Å². The second kappa shape index (κ2) is 8.79. The molecule has 3 aromatic carbocycles. The molecule has 1 atom stereocenters. The number of fused-ring (bicyclic) bond motifs is 2. The first-order valence-corrected chi connectivity index (χ1v) is 11.6. The third-order valence-electron chi connectivity index (χ3n) is 6.20. The van der Waals surface area contributed by atoms with Gasteiger partial charge in [-0.25, -0.2) is 4.98 Å². The van der Waals surface area contributed by atoms with Crippen LogP contribution >= 0.6 is 15.9 Å². The van der Waals surface area contributed by atoms with Gasteiger partial charge in [0, 0.05) is 36.4 Å². The Morgan fingerprint density at radius 3 is 2.75 bits per heavy atom. The molecule has 0 spiro atoms. The van der Waals surface area contributed by atoms with Crippen LogP contribution in [0.1, 0.15) is 23.7 Å². The van der Waals surface area contributed by atoms with Crippen LogP contribution in [-0.2, 0) is 24.3 Å². The van der Waals surface area contributed by atoms with Crippen molar-refractivity contribution < 1.29 is 4.79 Å². The number of carbonyl (C=O) groups is 1. The van der Waals surface area contributed by atoms with Crippen LogP contribution in [-0.4, -0.2) is 33.4 Å². The van der Waals surface area contributed by atoms with Gasteiger partial charge in [0.2, 0.25) is 5.91 Å². The molecule has 32 heavy (non-hydrogen) atoms. The number of H-pyrrole nitrogens is 1. The van der Waals surface area contributed by atoms with E-state index >= 15 is 0 Å². The number of benzene rings is 3. The summed E-state index contributed by atoms with van der Waals surface area (Å²) in [6, 6.07) is 21.4. The molecule has 0 unspecified atom stereocenters. The van der Waals surface area contributed by atoms with Gasteiger partial charge in [0.15, 0.2) is 0 Å². The smallest absolute Gasteiger partial charge is 0.220 e. The zero-order valence-electron chi connectivity index (χ0n) is 18.0. The summed E-state index contributed by atoms with van der Waals surface area (Å²) < 4.78 is 1.02. The highest BCUT2D eigenvalue weighted by molar-refractivity contribution is 9.10. The Morgan fingerprint density at radius 1 is 1.12 bits per heavy atom. The van der Waals surface area contributed by atoms with Crippen LogP contribution in [0.25, 0.3) is 10.8 Å². The highest BCUT2D eigenvalue weighted by atomic mass is 79.9. The van der Waals surface area contributed by atoms with Crippen molar-refractivity contribution >= 4 is 38.3 Å². The molecular weight excluding hydrogens is 464 g/mol. The summed E-state index contributed by atoms with van der Waals surface area (Å²) in [5.41, 5.74) is 4.61. The fourth-order valence-electron chi connectivity index (χ4n) is 4.66. The number of nitrogens with one attached hydrogen (secondary N) is 1. The molecule has 0 radical (unpaired) electrons. The third-order valence-corrected chi connectivity index (χ3v) is 6.69. The molecule has 1 aromatic heterocycles. The number of nitrogens with zero attached hydrogens (tertiary/aromatic N) is 3. The molecule has 1 N–H and O–H groups in total. The number of hydrogen-bond donors (Lipinski definition) is 1. The predicted octanol–water partition coefficient (Wildman–Crippen LogP) is 5.31. The van der Waals surface area contributed by atoms with Crippen LogP contribution in [0.2, 0.25) is 0 Å². The molecule has 1 aliphatic heterocycles. The average molecular weight is 489 g/mol. The summed E-state index contributed by atoms with van der Waals surface area (Å²) in [6.45, 7) is 3.74. The van der Waals surface area contributed by atoms with E-state index in [0.717, 1.165) is 34.4 Å². The predicted molar refractivity (Wildman–Crippen MR) is 131 cm³/mol. The number of aromatic nitrogens is 2. The van der Waals surface area contributed by atoms with Gasteiger partial charge in [0.05, 0.1) is 24.6 Å². The molecule has 2 heterocycles. The highest BCUT2D eigenvalue weighted by Crippen LogP contribution is 2.32. The Bertz CT molecular complexity index is 1250. The molecule has 0 fully saturated rings. The van der Waals surface area contributed by atoms with Crippen molar-refractivity contribution in [1.29, 1.82) is 0 Å². The fourth-order valence-corrected chi connectivity index (χ4v) is 5.07. The molecule has 0 bridgehead atoms. The molecule has 1 amide bonds. The summed E-state index contributed by atoms with van der Waals surface area (Å²) in [4.78, 5) is 24.6. The van der Waals surface area contributed by atoms with Crippen LogP contribution in [0.3, 0.4) is 0 Å². The highest BCUT2D eigenvalue weighted by Gasteiger charge is 2.30. The normalized spacial score (nSPS) is 16.1. The van der Waals surface area contributed by atoms with Crippen molar-refractivity contribution in [3.8, 4) is 0 Å². The number of halogens is 1. The van der Waals surface area contributed by atoms with Gasteiger partial charge in [-0.1, -0.05) is 58.4 Å². The Labute approximate surface area is 196 Å². The van der Waals surface area contributed by atoms with Gasteiger partial charge in [-0.2, -0.15) is 0 Å². The molecular formula is C26H25BrN4O. The van der Waals surface area contributed by atoms with Gasteiger partial charge in [-0.15, -0.1) is 0 Å². The van der Waals surface area contributed by atoms with E-state index in [1.165, 1.54) is 16.3 Å². The summed E-state index contributed by atoms with van der Waals surface area (Å²) in [7, 11) is 0. The topological polar surface area (TPSA) is 52.2 Å². The van der Waals surface area contributed by atoms with Crippen LogP contribution in [0.5, 0.6) is 0 Å². The maximum absolute atomic E-state index is 12.8. The third kappa shape index (κ3) is 4.28. The second-order valence-electron chi connectivity index (χ2n) is 8.42. The van der Waals surface area contributed by atoms with Crippen LogP contribution in [0.4, 0.5) is 5.69 Å². The number of aromatic amines is 1. The lowest BCUT2D eigenvalue weighted by molar-refractivity contribution is -0.131. The fraction of sp³-hybridized carbons (Fsp3) is 0.231. The molecule has 5 rings (SSSR count). The van der Waals surface area contributed by atoms with E-state index in [9.17, 15) is 4.79 Å². The number of anilines is 1. The van der Waals surface area contributed by atoms with E-state index in [1.54, 1.807) is 13.3 Å². The summed E-state index contributed by atoms with van der Waals surface area (Å²) in [5.74, 6) is 0.102. The molecule has 0 aliphatic carbocycles. The molecule has 0 saturated carbocycles. The largest absolute Gasteiger partial charge is 0.363 e. The number of amides is 1. The van der Waals surface area contributed by atoms with E-state index in [-0.39, 0.29) is 11.9 Å². The van der Waals surface area contributed by atoms with Gasteiger partial charge in [0.1, 0.15) is 0 Å². The monoisotopic (exact) mass is 488 g/mol. The van der Waals surface area contributed by atoms with Gasteiger partial charge >= 0.3 is 0 Å². The number of rotatable bonds is 4. The first-order chi connectivity index (χ1) is 15.6. The zero-order valence-corrected chi connectivity index (χ0v) is 19.5. The van der Waals surface area contributed by atoms with Gasteiger partial charge in [0.25, 0.3) is 0 Å². The quantitative estimate of drug-likeness (QED) is 0.423. The van der Waals surface area contributed by atoms with Crippen LogP contribution in [0.15, 0.2) is 77.7 Å². The summed E-state index contributed by atoms with van der Waals surface area (Å²) in [5, 5.41) is 2.47. The maximum atomic E-state index is 12.8. The Kier molecular flexibility index (Phi) is 5.70. The number of hydrogen-bond acceptors (Lipinski definition) is 3. The molecule has 1 aliphatic rings. The summed E-state index contributed by atoms with van der Waals surface area (Å²) >= 11 is 3.61. The van der Waals surface area contributed by atoms with E-state index < -0.39 is 0 Å². The van der Waals surface area contributed by atoms with Crippen molar-refractivity contribution in [3.05, 3.63) is 94.5 Å². The van der Waals surface area contributed by atoms with E-state index in [0.29, 0.717) is 13.1 Å². The molecule has 0 saturated heterocycles. The SMILES string of the molecule is CC(=O)N1Cc2cc(Br)ccc2N(Cc2cnc[nH]2)C[C@@H]1Cc1ccc2ccccc2c1. The minimum Gasteiger partial charge on any atom is -0.363 e. The van der Waals surface area contributed by atoms with E-state index in [4.69, 9.17) is 0 Å². The van der Waals surface area contributed by atoms with Crippen LogP contribution in [0, 0.1) is 0 Å². The van der Waals surface area contributed by atoms with Gasteiger partial charge in [-0.05, 0) is 46.5 Å². The van der Waals surface area contributed by atoms with Crippen molar-refractivity contribution in [3.63, 3.8) is 0 Å². The standard InChI is InChI=1S/C26H25BrN4O/c1-18(32)31-14-22-12-23(27)8-9-26(22)30(15-24-13-28-17-29-24)16-25(31)11-19-6-7-20-4-2-3-5-21(20)10-19/h2-10,12-13,17,25H,11,14-16H2,1H3,(H,28,29)/t25-/m0/s1. The second-order valence-corrected chi connectivity index (χ2v) is 9.33. The maximum Gasteiger partial charge on any atom is 0.220 e. The summed E-state index contributed by atoms with van der Waals surface area (Å²) in [6.07, 6.45) is 4.38. The minimum absolute atomic E-state index is 0.0581. The number of imidazole rings is 1. The molecule has 5 nitrogen and oxygen atoms in total. The van der Waals surface area contributed by atoms with Crippen molar-refractivity contribution in [2.75, 3.05) is 11.4 Å². The zero-order chi connectivity index (χ0) is 22.1. The minimum atomic E-state index is 0.0581. The van der Waals surface area contributed by atoms with E-state index in [1.807, 2.05) is 11.1 Å². The Hall–Kier alpha value is -3.12. The Balaban J connectivity index is 1.51. The lowest BCUT2D eigenvalue weighted by Gasteiger charge is -2.32. The number of carbonyl (C=O) groups excluding carboxylic acids is 1. The lowest BCUT2D eigenvalue weighted by atomic mass is 10.0. The van der Waals surface area contributed by atoms with Crippen LogP contribution < -0.4 is 4.90 Å². The first-order valence-electron chi connectivity index (χ1n) is 10.8. The van der Waals surface area contributed by atoms with Gasteiger partial charge < -0.3 is 14.8 Å². The molecule has 6 heteroatoms. The first kappa shape index (κ1) is 20.8. The van der Waals surface area contributed by atoms with Crippen molar-refractivity contribution in [2.45, 2.75) is 32.5 Å².